The van der Waals surface area contributed by atoms with Gasteiger partial charge < -0.3 is 4.74 Å². The number of ether oxygens (including phenoxy) is 1. The first kappa shape index (κ1) is 24.0. The molecule has 0 saturated heterocycles. The zero-order valence-corrected chi connectivity index (χ0v) is 20.7. The van der Waals surface area contributed by atoms with Crippen molar-refractivity contribution in [2.45, 2.75) is 97.1 Å². The van der Waals surface area contributed by atoms with Crippen LogP contribution in [0.15, 0.2) is 34.9 Å². The summed E-state index contributed by atoms with van der Waals surface area (Å²) in [5.74, 6) is 1.13. The molecular formula is C26H38BrN2O2+. The largest absolute Gasteiger partial charge is 0.463 e. The average molecular weight is 491 g/mol. The summed E-state index contributed by atoms with van der Waals surface area (Å²) >= 11 is 3.52. The molecule has 5 heteroatoms. The van der Waals surface area contributed by atoms with Gasteiger partial charge in [-0.25, -0.2) is 13.9 Å². The number of fused-ring (bicyclic) bond motifs is 1. The number of hydrogen-bond donors (Lipinski definition) is 0. The van der Waals surface area contributed by atoms with Crippen molar-refractivity contribution in [3.8, 4) is 11.3 Å². The van der Waals surface area contributed by atoms with Crippen molar-refractivity contribution in [3.05, 3.63) is 40.8 Å². The Morgan fingerprint density at radius 2 is 1.71 bits per heavy atom. The SMILES string of the molecule is CCCCCCCCCCOC(=O)C[n+]1cc(-c2ccc(Br)cc2)n2c1CCCCC2. The van der Waals surface area contributed by atoms with E-state index in [2.05, 4.69) is 62.5 Å². The Morgan fingerprint density at radius 3 is 2.45 bits per heavy atom. The van der Waals surface area contributed by atoms with Crippen LogP contribution >= 0.6 is 15.9 Å². The molecule has 3 rings (SSSR count). The number of carbonyl (C=O) groups is 1. The molecule has 170 valence electrons. The highest BCUT2D eigenvalue weighted by atomic mass is 79.9. The molecule has 0 aliphatic carbocycles. The Labute approximate surface area is 196 Å². The van der Waals surface area contributed by atoms with Crippen LogP contribution in [-0.4, -0.2) is 17.1 Å². The lowest BCUT2D eigenvalue weighted by molar-refractivity contribution is -0.692. The van der Waals surface area contributed by atoms with Crippen molar-refractivity contribution in [1.29, 1.82) is 0 Å². The van der Waals surface area contributed by atoms with Gasteiger partial charge in [-0.15, -0.1) is 0 Å². The highest BCUT2D eigenvalue weighted by Gasteiger charge is 2.27. The molecule has 2 heterocycles. The molecule has 0 atom stereocenters. The van der Waals surface area contributed by atoms with Gasteiger partial charge in [0.2, 0.25) is 0 Å². The molecule has 0 bridgehead atoms. The molecule has 0 saturated carbocycles. The molecule has 1 aromatic carbocycles. The number of aromatic nitrogens is 2. The topological polar surface area (TPSA) is 35.1 Å². The standard InChI is InChI=1S/C26H38BrN2O2/c1-2-3-4-5-6-7-8-12-19-31-26(30)21-28-20-24(22-14-16-23(27)17-15-22)29-18-11-9-10-13-25(28)29/h14-17,20H,2-13,18-19,21H2,1H3/q+1. The maximum atomic E-state index is 12.5. The molecule has 2 aromatic rings. The van der Waals surface area contributed by atoms with E-state index in [-0.39, 0.29) is 5.97 Å². The average Bonchev–Trinajstić information content (AvgIpc) is 2.94. The Bertz CT molecular complexity index is 814. The molecule has 1 aliphatic heterocycles. The van der Waals surface area contributed by atoms with Crippen molar-refractivity contribution >= 4 is 21.9 Å². The lowest BCUT2D eigenvalue weighted by Crippen LogP contribution is -2.41. The van der Waals surface area contributed by atoms with E-state index in [0.717, 1.165) is 30.3 Å². The highest BCUT2D eigenvalue weighted by Crippen LogP contribution is 2.25. The zero-order valence-electron chi connectivity index (χ0n) is 19.1. The van der Waals surface area contributed by atoms with Crippen molar-refractivity contribution in [2.75, 3.05) is 6.61 Å². The number of rotatable bonds is 12. The van der Waals surface area contributed by atoms with E-state index in [1.807, 2.05) is 0 Å². The van der Waals surface area contributed by atoms with E-state index < -0.39 is 0 Å². The van der Waals surface area contributed by atoms with Gasteiger partial charge >= 0.3 is 5.97 Å². The molecule has 0 radical (unpaired) electrons. The predicted molar refractivity (Wildman–Crippen MR) is 129 cm³/mol. The number of esters is 1. The van der Waals surface area contributed by atoms with Gasteiger partial charge in [0.15, 0.2) is 12.2 Å². The third-order valence-electron chi connectivity index (χ3n) is 6.19. The summed E-state index contributed by atoms with van der Waals surface area (Å²) in [5.41, 5.74) is 2.39. The Hall–Kier alpha value is -1.62. The second-order valence-electron chi connectivity index (χ2n) is 8.72. The summed E-state index contributed by atoms with van der Waals surface area (Å²) in [6.07, 6.45) is 16.8. The fourth-order valence-corrected chi connectivity index (χ4v) is 4.70. The monoisotopic (exact) mass is 489 g/mol. The Morgan fingerprint density at radius 1 is 1.00 bits per heavy atom. The van der Waals surface area contributed by atoms with Crippen LogP contribution in [0.3, 0.4) is 0 Å². The predicted octanol–water partition coefficient (Wildman–Crippen LogP) is 6.62. The summed E-state index contributed by atoms with van der Waals surface area (Å²) in [5, 5.41) is 0. The van der Waals surface area contributed by atoms with Crippen molar-refractivity contribution in [2.24, 2.45) is 0 Å². The highest BCUT2D eigenvalue weighted by molar-refractivity contribution is 9.10. The molecule has 1 aromatic heterocycles. The van der Waals surface area contributed by atoms with E-state index in [9.17, 15) is 4.79 Å². The van der Waals surface area contributed by atoms with E-state index in [1.165, 1.54) is 74.9 Å². The van der Waals surface area contributed by atoms with Gasteiger partial charge in [-0.3, -0.25) is 0 Å². The molecule has 1 aliphatic rings. The number of imidazole rings is 1. The summed E-state index contributed by atoms with van der Waals surface area (Å²) in [6.45, 7) is 4.12. The normalized spacial score (nSPS) is 13.6. The summed E-state index contributed by atoms with van der Waals surface area (Å²) < 4.78 is 11.2. The smallest absolute Gasteiger partial charge is 0.348 e. The third kappa shape index (κ3) is 7.48. The summed E-state index contributed by atoms with van der Waals surface area (Å²) in [4.78, 5) is 12.5. The molecule has 0 spiro atoms. The fraction of sp³-hybridized carbons (Fsp3) is 0.615. The number of nitrogens with zero attached hydrogens (tertiary/aromatic N) is 2. The van der Waals surface area contributed by atoms with Crippen LogP contribution in [0.4, 0.5) is 0 Å². The maximum Gasteiger partial charge on any atom is 0.348 e. The number of hydrogen-bond acceptors (Lipinski definition) is 2. The van der Waals surface area contributed by atoms with Crippen LogP contribution in [-0.2, 0) is 29.0 Å². The second kappa shape index (κ2) is 13.0. The van der Waals surface area contributed by atoms with Crippen molar-refractivity contribution in [1.82, 2.24) is 4.57 Å². The van der Waals surface area contributed by atoms with Crippen LogP contribution in [0.5, 0.6) is 0 Å². The summed E-state index contributed by atoms with van der Waals surface area (Å²) in [6, 6.07) is 8.44. The lowest BCUT2D eigenvalue weighted by atomic mass is 10.1. The number of benzene rings is 1. The molecule has 0 amide bonds. The summed E-state index contributed by atoms with van der Waals surface area (Å²) in [7, 11) is 0. The minimum absolute atomic E-state index is 0.118. The van der Waals surface area contributed by atoms with Crippen LogP contribution in [0.1, 0.15) is 83.4 Å². The Kier molecular flexibility index (Phi) is 10.1. The van der Waals surface area contributed by atoms with Gasteiger partial charge in [0.05, 0.1) is 13.2 Å². The molecule has 0 unspecified atom stereocenters. The second-order valence-corrected chi connectivity index (χ2v) is 9.64. The molecular weight excluding hydrogens is 452 g/mol. The van der Waals surface area contributed by atoms with E-state index >= 15 is 0 Å². The first-order valence-corrected chi connectivity index (χ1v) is 13.0. The quantitative estimate of drug-likeness (QED) is 0.191. The van der Waals surface area contributed by atoms with Gasteiger partial charge in [-0.05, 0) is 49.9 Å². The van der Waals surface area contributed by atoms with Gasteiger partial charge in [0, 0.05) is 16.5 Å². The van der Waals surface area contributed by atoms with Gasteiger partial charge in [0.1, 0.15) is 6.20 Å². The molecule has 31 heavy (non-hydrogen) atoms. The molecule has 4 nitrogen and oxygen atoms in total. The van der Waals surface area contributed by atoms with Crippen molar-refractivity contribution < 1.29 is 14.1 Å². The van der Waals surface area contributed by atoms with E-state index in [4.69, 9.17) is 4.74 Å². The number of unbranched alkanes of at least 4 members (excludes halogenated alkanes) is 7. The van der Waals surface area contributed by atoms with Gasteiger partial charge in [-0.1, -0.05) is 67.8 Å². The maximum absolute atomic E-state index is 12.5. The van der Waals surface area contributed by atoms with Crippen LogP contribution in [0, 0.1) is 0 Å². The van der Waals surface area contributed by atoms with Gasteiger partial charge in [-0.2, -0.15) is 0 Å². The fourth-order valence-electron chi connectivity index (χ4n) is 4.44. The van der Waals surface area contributed by atoms with Crippen LogP contribution < -0.4 is 4.57 Å². The first-order valence-electron chi connectivity index (χ1n) is 12.2. The first-order chi connectivity index (χ1) is 15.2. The lowest BCUT2D eigenvalue weighted by Gasteiger charge is -2.05. The van der Waals surface area contributed by atoms with E-state index in [1.54, 1.807) is 0 Å². The third-order valence-corrected chi connectivity index (χ3v) is 6.72. The van der Waals surface area contributed by atoms with E-state index in [0.29, 0.717) is 13.2 Å². The minimum atomic E-state index is -0.118. The van der Waals surface area contributed by atoms with Gasteiger partial charge in [0.25, 0.3) is 5.82 Å². The Balaban J connectivity index is 1.52. The van der Waals surface area contributed by atoms with Crippen LogP contribution in [0.25, 0.3) is 11.3 Å². The number of carbonyl (C=O) groups excluding carboxylic acids is 1. The minimum Gasteiger partial charge on any atom is -0.463 e. The van der Waals surface area contributed by atoms with Crippen LogP contribution in [0.2, 0.25) is 0 Å². The van der Waals surface area contributed by atoms with Crippen molar-refractivity contribution in [3.63, 3.8) is 0 Å². The zero-order chi connectivity index (χ0) is 21.9. The molecule has 0 fully saturated rings. The number of halogens is 1. The molecule has 0 N–H and O–H groups in total.